The van der Waals surface area contributed by atoms with Gasteiger partial charge in [0.2, 0.25) is 0 Å². The zero-order valence-electron chi connectivity index (χ0n) is 12.0. The van der Waals surface area contributed by atoms with Crippen LogP contribution in [0.25, 0.3) is 21.9 Å². The largest absolute Gasteiger partial charge is 0.378 e. The number of fused-ring (bicyclic) bond motifs is 3. The van der Waals surface area contributed by atoms with Gasteiger partial charge >= 0.3 is 0 Å². The third-order valence-electron chi connectivity index (χ3n) is 3.46. The fraction of sp³-hybridized carbons (Fsp3) is 0.200. The molecule has 4 aromatic rings. The molecule has 3 heterocycles. The van der Waals surface area contributed by atoms with Crippen molar-refractivity contribution in [3.63, 3.8) is 0 Å². The lowest BCUT2D eigenvalue weighted by Crippen LogP contribution is -2.02. The highest BCUT2D eigenvalue weighted by molar-refractivity contribution is 6.01. The van der Waals surface area contributed by atoms with Gasteiger partial charge in [-0.05, 0) is 6.07 Å². The minimum atomic E-state index is 0.453. The Balaban J connectivity index is 1.71. The van der Waals surface area contributed by atoms with Gasteiger partial charge in [0.25, 0.3) is 0 Å². The summed E-state index contributed by atoms with van der Waals surface area (Å²) < 4.78 is 6.78. The first-order valence-electron chi connectivity index (χ1n) is 6.94. The van der Waals surface area contributed by atoms with Crippen LogP contribution in [0.5, 0.6) is 0 Å². The monoisotopic (exact) mass is 294 g/mol. The van der Waals surface area contributed by atoms with Gasteiger partial charge in [-0.1, -0.05) is 23.4 Å². The van der Waals surface area contributed by atoms with Gasteiger partial charge in [0, 0.05) is 12.5 Å². The summed E-state index contributed by atoms with van der Waals surface area (Å²) in [7, 11) is 1.64. The average molecular weight is 294 g/mol. The van der Waals surface area contributed by atoms with Crippen molar-refractivity contribution in [2.45, 2.75) is 13.2 Å². The molecule has 0 saturated carbocycles. The number of pyridine rings is 1. The SMILES string of the molecule is COCc1cn(Cc2nc3c(cnc4ccccc43)[nH]2)nn1. The third-order valence-corrected chi connectivity index (χ3v) is 3.46. The normalized spacial score (nSPS) is 11.5. The third kappa shape index (κ3) is 2.21. The molecule has 0 fully saturated rings. The fourth-order valence-electron chi connectivity index (χ4n) is 2.52. The molecule has 0 aliphatic carbocycles. The topological polar surface area (TPSA) is 81.5 Å². The number of nitrogens with one attached hydrogen (secondary N) is 1. The summed E-state index contributed by atoms with van der Waals surface area (Å²) in [4.78, 5) is 12.4. The van der Waals surface area contributed by atoms with E-state index < -0.39 is 0 Å². The zero-order chi connectivity index (χ0) is 14.9. The number of para-hydroxylation sites is 1. The molecule has 1 aromatic carbocycles. The fourth-order valence-corrected chi connectivity index (χ4v) is 2.52. The van der Waals surface area contributed by atoms with E-state index in [0.717, 1.165) is 33.5 Å². The second kappa shape index (κ2) is 5.19. The molecule has 0 amide bonds. The summed E-state index contributed by atoms with van der Waals surface area (Å²) in [6.45, 7) is 0.981. The van der Waals surface area contributed by atoms with Gasteiger partial charge in [0.05, 0.1) is 35.6 Å². The van der Waals surface area contributed by atoms with Crippen LogP contribution in [0.2, 0.25) is 0 Å². The lowest BCUT2D eigenvalue weighted by atomic mass is 10.2. The quantitative estimate of drug-likeness (QED) is 0.621. The van der Waals surface area contributed by atoms with Gasteiger partial charge in [-0.3, -0.25) is 4.98 Å². The van der Waals surface area contributed by atoms with E-state index in [-0.39, 0.29) is 0 Å². The number of methoxy groups -OCH3 is 1. The summed E-state index contributed by atoms with van der Waals surface area (Å²) in [5, 5.41) is 9.16. The maximum Gasteiger partial charge on any atom is 0.129 e. The van der Waals surface area contributed by atoms with E-state index >= 15 is 0 Å². The van der Waals surface area contributed by atoms with E-state index in [1.54, 1.807) is 11.8 Å². The standard InChI is InChI=1S/C15H14N6O/c1-22-9-10-7-21(20-19-10)8-14-17-13-6-16-12-5-3-2-4-11(12)15(13)18-14/h2-7H,8-9H2,1H3,(H,17,18). The summed E-state index contributed by atoms with van der Waals surface area (Å²) >= 11 is 0. The van der Waals surface area contributed by atoms with Crippen LogP contribution in [0.4, 0.5) is 0 Å². The van der Waals surface area contributed by atoms with Crippen molar-refractivity contribution in [3.05, 3.63) is 48.2 Å². The van der Waals surface area contributed by atoms with Gasteiger partial charge < -0.3 is 9.72 Å². The van der Waals surface area contributed by atoms with E-state index in [1.807, 2.05) is 36.7 Å². The smallest absolute Gasteiger partial charge is 0.129 e. The maximum atomic E-state index is 5.04. The molecule has 7 nitrogen and oxygen atoms in total. The second-order valence-corrected chi connectivity index (χ2v) is 5.06. The van der Waals surface area contributed by atoms with Gasteiger partial charge in [0.1, 0.15) is 18.1 Å². The van der Waals surface area contributed by atoms with Crippen molar-refractivity contribution in [3.8, 4) is 0 Å². The number of ether oxygens (including phenoxy) is 1. The van der Waals surface area contributed by atoms with Crippen molar-refractivity contribution in [1.82, 2.24) is 29.9 Å². The molecule has 0 radical (unpaired) electrons. The van der Waals surface area contributed by atoms with Crippen molar-refractivity contribution < 1.29 is 4.74 Å². The number of aromatic amines is 1. The maximum absolute atomic E-state index is 5.04. The molecule has 0 aliphatic heterocycles. The molecular weight excluding hydrogens is 280 g/mol. The van der Waals surface area contributed by atoms with Gasteiger partial charge in [-0.2, -0.15) is 0 Å². The minimum absolute atomic E-state index is 0.453. The Morgan fingerprint density at radius 3 is 3.09 bits per heavy atom. The number of nitrogens with zero attached hydrogens (tertiary/aromatic N) is 5. The highest BCUT2D eigenvalue weighted by Gasteiger charge is 2.09. The van der Waals surface area contributed by atoms with E-state index in [0.29, 0.717) is 13.2 Å². The van der Waals surface area contributed by atoms with Crippen molar-refractivity contribution >= 4 is 21.9 Å². The number of hydrogen-bond acceptors (Lipinski definition) is 5. The molecule has 0 aliphatic rings. The van der Waals surface area contributed by atoms with Gasteiger partial charge in [-0.15, -0.1) is 5.10 Å². The van der Waals surface area contributed by atoms with E-state index in [2.05, 4.69) is 25.3 Å². The lowest BCUT2D eigenvalue weighted by Gasteiger charge is -1.95. The number of hydrogen-bond donors (Lipinski definition) is 1. The first-order chi connectivity index (χ1) is 10.8. The van der Waals surface area contributed by atoms with Gasteiger partial charge in [0.15, 0.2) is 0 Å². The van der Waals surface area contributed by atoms with Crippen LogP contribution in [-0.4, -0.2) is 37.1 Å². The highest BCUT2D eigenvalue weighted by Crippen LogP contribution is 2.21. The molecule has 3 aromatic heterocycles. The van der Waals surface area contributed by atoms with E-state index in [1.165, 1.54) is 0 Å². The molecule has 7 heteroatoms. The first-order valence-corrected chi connectivity index (χ1v) is 6.94. The lowest BCUT2D eigenvalue weighted by molar-refractivity contribution is 0.181. The van der Waals surface area contributed by atoms with Crippen LogP contribution in [0.1, 0.15) is 11.5 Å². The van der Waals surface area contributed by atoms with Crippen molar-refractivity contribution in [2.24, 2.45) is 0 Å². The van der Waals surface area contributed by atoms with Gasteiger partial charge in [-0.25, -0.2) is 9.67 Å². The Hall–Kier alpha value is -2.80. The second-order valence-electron chi connectivity index (χ2n) is 5.06. The number of H-pyrrole nitrogens is 1. The first kappa shape index (κ1) is 12.9. The Labute approximate surface area is 126 Å². The predicted molar refractivity (Wildman–Crippen MR) is 81.2 cm³/mol. The Kier molecular flexibility index (Phi) is 3.05. The Morgan fingerprint density at radius 1 is 1.27 bits per heavy atom. The number of aromatic nitrogens is 6. The summed E-state index contributed by atoms with van der Waals surface area (Å²) in [6.07, 6.45) is 3.67. The summed E-state index contributed by atoms with van der Waals surface area (Å²) in [5.41, 5.74) is 3.59. The Bertz CT molecular complexity index is 941. The molecule has 22 heavy (non-hydrogen) atoms. The van der Waals surface area contributed by atoms with Crippen LogP contribution in [-0.2, 0) is 17.9 Å². The van der Waals surface area contributed by atoms with E-state index in [4.69, 9.17) is 4.74 Å². The number of imidazole rings is 1. The van der Waals surface area contributed by atoms with Crippen LogP contribution in [0, 0.1) is 0 Å². The molecule has 0 bridgehead atoms. The molecule has 0 unspecified atom stereocenters. The number of benzene rings is 1. The predicted octanol–water partition coefficient (Wildman–Crippen LogP) is 1.90. The summed E-state index contributed by atoms with van der Waals surface area (Å²) in [6, 6.07) is 7.98. The highest BCUT2D eigenvalue weighted by atomic mass is 16.5. The summed E-state index contributed by atoms with van der Waals surface area (Å²) in [5.74, 6) is 0.821. The number of rotatable bonds is 4. The zero-order valence-corrected chi connectivity index (χ0v) is 12.0. The Morgan fingerprint density at radius 2 is 2.18 bits per heavy atom. The van der Waals surface area contributed by atoms with Crippen LogP contribution >= 0.6 is 0 Å². The average Bonchev–Trinajstić information content (AvgIpc) is 3.14. The van der Waals surface area contributed by atoms with Crippen LogP contribution in [0.15, 0.2) is 36.7 Å². The molecule has 4 rings (SSSR count). The van der Waals surface area contributed by atoms with Crippen molar-refractivity contribution in [2.75, 3.05) is 7.11 Å². The molecule has 110 valence electrons. The molecule has 0 atom stereocenters. The molecular formula is C15H14N6O. The molecule has 0 saturated heterocycles. The molecule has 0 spiro atoms. The minimum Gasteiger partial charge on any atom is -0.378 e. The van der Waals surface area contributed by atoms with Crippen LogP contribution < -0.4 is 0 Å². The van der Waals surface area contributed by atoms with E-state index in [9.17, 15) is 0 Å². The molecule has 1 N–H and O–H groups in total. The van der Waals surface area contributed by atoms with Crippen LogP contribution in [0.3, 0.4) is 0 Å². The van der Waals surface area contributed by atoms with Crippen molar-refractivity contribution in [1.29, 1.82) is 0 Å².